The minimum Gasteiger partial charge on any atom is -0.493 e. The Morgan fingerprint density at radius 1 is 1.14 bits per heavy atom. The number of nitrogens with zero attached hydrogens (tertiary/aromatic N) is 1. The van der Waals surface area contributed by atoms with Gasteiger partial charge in [-0.2, -0.15) is 0 Å². The van der Waals surface area contributed by atoms with Gasteiger partial charge in [-0.3, -0.25) is 0 Å². The SMILES string of the molecule is CCCCOc1ccccc1-c1nc(-c2[c]cccc2)cs1. The Kier molecular flexibility index (Phi) is 4.86. The molecule has 3 aromatic rings. The lowest BCUT2D eigenvalue weighted by Crippen LogP contribution is -1.97. The maximum atomic E-state index is 5.91. The average Bonchev–Trinajstić information content (AvgIpc) is 3.06. The van der Waals surface area contributed by atoms with E-state index >= 15 is 0 Å². The molecule has 0 saturated carbocycles. The molecule has 2 nitrogen and oxygen atoms in total. The monoisotopic (exact) mass is 308 g/mol. The molecule has 0 atom stereocenters. The number of thiazole rings is 1. The summed E-state index contributed by atoms with van der Waals surface area (Å²) < 4.78 is 5.91. The van der Waals surface area contributed by atoms with Crippen molar-refractivity contribution in [3.05, 3.63) is 60.0 Å². The quantitative estimate of drug-likeness (QED) is 0.564. The first-order valence-corrected chi connectivity index (χ1v) is 8.41. The van der Waals surface area contributed by atoms with Gasteiger partial charge >= 0.3 is 0 Å². The van der Waals surface area contributed by atoms with Crippen LogP contribution in [0.2, 0.25) is 0 Å². The van der Waals surface area contributed by atoms with Crippen LogP contribution in [0.15, 0.2) is 53.9 Å². The lowest BCUT2D eigenvalue weighted by molar-refractivity contribution is 0.310. The topological polar surface area (TPSA) is 22.1 Å². The predicted octanol–water partition coefficient (Wildman–Crippen LogP) is 5.46. The molecule has 0 fully saturated rings. The summed E-state index contributed by atoms with van der Waals surface area (Å²) in [4.78, 5) is 4.75. The molecule has 1 radical (unpaired) electrons. The van der Waals surface area contributed by atoms with Crippen molar-refractivity contribution in [2.75, 3.05) is 6.61 Å². The maximum absolute atomic E-state index is 5.91. The summed E-state index contributed by atoms with van der Waals surface area (Å²) >= 11 is 1.64. The van der Waals surface area contributed by atoms with Gasteiger partial charge in [-0.05, 0) is 24.6 Å². The molecule has 3 rings (SSSR count). The molecular formula is C19H18NOS. The molecule has 0 unspecified atom stereocenters. The molecule has 1 aromatic heterocycles. The van der Waals surface area contributed by atoms with E-state index in [9.17, 15) is 0 Å². The number of hydrogen-bond donors (Lipinski definition) is 0. The van der Waals surface area contributed by atoms with Gasteiger partial charge in [-0.1, -0.05) is 49.7 Å². The van der Waals surface area contributed by atoms with Crippen LogP contribution in [0, 0.1) is 6.07 Å². The smallest absolute Gasteiger partial charge is 0.129 e. The molecule has 0 aliphatic carbocycles. The molecule has 0 spiro atoms. The van der Waals surface area contributed by atoms with Crippen molar-refractivity contribution in [2.45, 2.75) is 19.8 Å². The van der Waals surface area contributed by atoms with E-state index in [1.54, 1.807) is 11.3 Å². The van der Waals surface area contributed by atoms with E-state index in [4.69, 9.17) is 9.72 Å². The number of aromatic nitrogens is 1. The first kappa shape index (κ1) is 14.8. The third kappa shape index (κ3) is 3.37. The normalized spacial score (nSPS) is 10.6. The largest absolute Gasteiger partial charge is 0.493 e. The summed E-state index contributed by atoms with van der Waals surface area (Å²) in [6, 6.07) is 19.2. The Morgan fingerprint density at radius 3 is 2.82 bits per heavy atom. The van der Waals surface area contributed by atoms with Gasteiger partial charge in [0.15, 0.2) is 0 Å². The molecule has 22 heavy (non-hydrogen) atoms. The summed E-state index contributed by atoms with van der Waals surface area (Å²) in [6.07, 6.45) is 2.20. The van der Waals surface area contributed by atoms with Gasteiger partial charge in [-0.15, -0.1) is 11.3 Å². The van der Waals surface area contributed by atoms with E-state index in [2.05, 4.69) is 24.4 Å². The van der Waals surface area contributed by atoms with Crippen molar-refractivity contribution in [1.82, 2.24) is 4.98 Å². The second kappa shape index (κ2) is 7.23. The van der Waals surface area contributed by atoms with Crippen molar-refractivity contribution < 1.29 is 4.74 Å². The van der Waals surface area contributed by atoms with Gasteiger partial charge in [0.05, 0.1) is 17.9 Å². The summed E-state index contributed by atoms with van der Waals surface area (Å²) in [5, 5.41) is 3.06. The summed E-state index contributed by atoms with van der Waals surface area (Å²) in [5.74, 6) is 0.911. The second-order valence-electron chi connectivity index (χ2n) is 5.01. The molecule has 0 aliphatic heterocycles. The van der Waals surface area contributed by atoms with Gasteiger partial charge in [0.25, 0.3) is 0 Å². The van der Waals surface area contributed by atoms with Crippen LogP contribution in [0.5, 0.6) is 5.75 Å². The van der Waals surface area contributed by atoms with E-state index in [1.807, 2.05) is 42.5 Å². The number of para-hydroxylation sites is 1. The summed E-state index contributed by atoms with van der Waals surface area (Å²) in [7, 11) is 0. The minimum atomic E-state index is 0.748. The van der Waals surface area contributed by atoms with E-state index in [0.717, 1.165) is 47.0 Å². The fraction of sp³-hybridized carbons (Fsp3) is 0.211. The zero-order chi connectivity index (χ0) is 15.2. The Balaban J connectivity index is 1.87. The van der Waals surface area contributed by atoms with Crippen molar-refractivity contribution in [2.24, 2.45) is 0 Å². The Morgan fingerprint density at radius 2 is 2.00 bits per heavy atom. The molecular weight excluding hydrogens is 290 g/mol. The number of rotatable bonds is 6. The maximum Gasteiger partial charge on any atom is 0.129 e. The zero-order valence-corrected chi connectivity index (χ0v) is 13.4. The van der Waals surface area contributed by atoms with Crippen LogP contribution in [0.1, 0.15) is 19.8 Å². The van der Waals surface area contributed by atoms with E-state index in [-0.39, 0.29) is 0 Å². The highest BCUT2D eigenvalue weighted by Gasteiger charge is 2.11. The third-order valence-corrected chi connectivity index (χ3v) is 4.24. The fourth-order valence-corrected chi connectivity index (χ4v) is 3.02. The molecule has 111 valence electrons. The third-order valence-electron chi connectivity index (χ3n) is 3.36. The molecule has 0 aliphatic rings. The predicted molar refractivity (Wildman–Crippen MR) is 92.2 cm³/mol. The molecule has 3 heteroatoms. The van der Waals surface area contributed by atoms with Gasteiger partial charge in [-0.25, -0.2) is 4.98 Å². The standard InChI is InChI=1S/C19H18NOS/c1-2-3-13-21-18-12-8-7-11-16(18)19-20-17(14-22-19)15-9-5-4-6-10-15/h4-9,11-12,14H,2-3,13H2,1H3. The Labute approximate surface area is 135 Å². The highest BCUT2D eigenvalue weighted by Crippen LogP contribution is 2.34. The first-order valence-electron chi connectivity index (χ1n) is 7.53. The van der Waals surface area contributed by atoms with Gasteiger partial charge in [0.2, 0.25) is 0 Å². The highest BCUT2D eigenvalue weighted by molar-refractivity contribution is 7.13. The highest BCUT2D eigenvalue weighted by atomic mass is 32.1. The van der Waals surface area contributed by atoms with Crippen molar-refractivity contribution in [3.8, 4) is 27.6 Å². The Hall–Kier alpha value is -2.13. The van der Waals surface area contributed by atoms with Gasteiger partial charge < -0.3 is 4.74 Å². The van der Waals surface area contributed by atoms with Crippen LogP contribution >= 0.6 is 11.3 Å². The Bertz CT molecular complexity index is 721. The van der Waals surface area contributed by atoms with Crippen LogP contribution in [-0.4, -0.2) is 11.6 Å². The summed E-state index contributed by atoms with van der Waals surface area (Å²) in [5.41, 5.74) is 3.05. The molecule has 2 aromatic carbocycles. The molecule has 0 N–H and O–H groups in total. The van der Waals surface area contributed by atoms with E-state index in [0.29, 0.717) is 0 Å². The average molecular weight is 308 g/mol. The second-order valence-corrected chi connectivity index (χ2v) is 5.87. The van der Waals surface area contributed by atoms with Crippen molar-refractivity contribution >= 4 is 11.3 Å². The van der Waals surface area contributed by atoms with Crippen LogP contribution in [0.3, 0.4) is 0 Å². The lowest BCUT2D eigenvalue weighted by atomic mass is 10.2. The number of hydrogen-bond acceptors (Lipinski definition) is 3. The number of ether oxygens (including phenoxy) is 1. The van der Waals surface area contributed by atoms with Gasteiger partial charge in [0, 0.05) is 10.9 Å². The lowest BCUT2D eigenvalue weighted by Gasteiger charge is -2.09. The first-order chi connectivity index (χ1) is 10.9. The molecule has 0 saturated heterocycles. The fourth-order valence-electron chi connectivity index (χ4n) is 2.17. The van der Waals surface area contributed by atoms with Crippen LogP contribution in [0.4, 0.5) is 0 Å². The van der Waals surface area contributed by atoms with E-state index < -0.39 is 0 Å². The van der Waals surface area contributed by atoms with Crippen LogP contribution in [-0.2, 0) is 0 Å². The van der Waals surface area contributed by atoms with Crippen molar-refractivity contribution in [1.29, 1.82) is 0 Å². The number of benzene rings is 2. The number of unbranched alkanes of at least 4 members (excludes halogenated alkanes) is 1. The summed E-state index contributed by atoms with van der Waals surface area (Å²) in [6.45, 7) is 2.91. The minimum absolute atomic E-state index is 0.748. The molecule has 0 amide bonds. The molecule has 1 heterocycles. The van der Waals surface area contributed by atoms with E-state index in [1.165, 1.54) is 0 Å². The van der Waals surface area contributed by atoms with Gasteiger partial charge in [0.1, 0.15) is 10.8 Å². The van der Waals surface area contributed by atoms with Crippen LogP contribution in [0.25, 0.3) is 21.8 Å². The van der Waals surface area contributed by atoms with Crippen molar-refractivity contribution in [3.63, 3.8) is 0 Å². The molecule has 0 bridgehead atoms. The van der Waals surface area contributed by atoms with Crippen LogP contribution < -0.4 is 4.74 Å². The zero-order valence-electron chi connectivity index (χ0n) is 12.6.